The molecular formula is C14H19ClN2O2. The lowest BCUT2D eigenvalue weighted by Gasteiger charge is -2.20. The minimum atomic E-state index is -0.133. The van der Waals surface area contributed by atoms with Crippen LogP contribution in [0.15, 0.2) is 24.3 Å². The number of rotatable bonds is 4. The molecule has 1 saturated heterocycles. The van der Waals surface area contributed by atoms with Crippen molar-refractivity contribution in [1.29, 1.82) is 0 Å². The molecule has 3 atom stereocenters. The summed E-state index contributed by atoms with van der Waals surface area (Å²) in [6, 6.07) is 7.55. The van der Waals surface area contributed by atoms with Crippen molar-refractivity contribution in [1.82, 2.24) is 10.6 Å². The van der Waals surface area contributed by atoms with Crippen LogP contribution < -0.4 is 10.6 Å². The highest BCUT2D eigenvalue weighted by molar-refractivity contribution is 6.30. The van der Waals surface area contributed by atoms with Crippen LogP contribution >= 0.6 is 11.6 Å². The summed E-state index contributed by atoms with van der Waals surface area (Å²) in [4.78, 5) is 12.2. The number of amides is 1. The first-order valence-corrected chi connectivity index (χ1v) is 6.80. The Morgan fingerprint density at radius 1 is 1.47 bits per heavy atom. The Bertz CT molecular complexity index is 453. The summed E-state index contributed by atoms with van der Waals surface area (Å²) in [5.41, 5.74) is 1.00. The molecule has 0 radical (unpaired) electrons. The number of halogens is 1. The second kappa shape index (κ2) is 6.37. The molecule has 1 heterocycles. The van der Waals surface area contributed by atoms with Gasteiger partial charge in [0.1, 0.15) is 0 Å². The zero-order valence-electron chi connectivity index (χ0n) is 11.2. The van der Waals surface area contributed by atoms with Crippen molar-refractivity contribution in [2.24, 2.45) is 5.92 Å². The first kappa shape index (κ1) is 14.3. The smallest absolute Gasteiger partial charge is 0.227 e. The third-order valence-electron chi connectivity index (χ3n) is 3.50. The van der Waals surface area contributed by atoms with Crippen molar-refractivity contribution in [2.45, 2.75) is 19.0 Å². The molecular weight excluding hydrogens is 264 g/mol. The SMILES string of the molecule is CNC1COCC1C(=O)NC(C)c1cccc(Cl)c1. The van der Waals surface area contributed by atoms with Gasteiger partial charge >= 0.3 is 0 Å². The molecule has 0 aromatic heterocycles. The Labute approximate surface area is 118 Å². The zero-order valence-corrected chi connectivity index (χ0v) is 11.9. The van der Waals surface area contributed by atoms with Gasteiger partial charge in [-0.3, -0.25) is 4.79 Å². The largest absolute Gasteiger partial charge is 0.379 e. The third-order valence-corrected chi connectivity index (χ3v) is 3.73. The fourth-order valence-electron chi connectivity index (χ4n) is 2.28. The van der Waals surface area contributed by atoms with Crippen LogP contribution in [-0.2, 0) is 9.53 Å². The van der Waals surface area contributed by atoms with Crippen LogP contribution in [-0.4, -0.2) is 32.2 Å². The highest BCUT2D eigenvalue weighted by Crippen LogP contribution is 2.19. The lowest BCUT2D eigenvalue weighted by Crippen LogP contribution is -2.43. The summed E-state index contributed by atoms with van der Waals surface area (Å²) in [5.74, 6) is -0.115. The van der Waals surface area contributed by atoms with Gasteiger partial charge in [-0.1, -0.05) is 23.7 Å². The number of ether oxygens (including phenoxy) is 1. The molecule has 0 spiro atoms. The molecule has 5 heteroatoms. The van der Waals surface area contributed by atoms with Crippen LogP contribution in [0.4, 0.5) is 0 Å². The van der Waals surface area contributed by atoms with Gasteiger partial charge in [-0.25, -0.2) is 0 Å². The Balaban J connectivity index is 1.98. The van der Waals surface area contributed by atoms with E-state index in [1.54, 1.807) is 0 Å². The van der Waals surface area contributed by atoms with E-state index in [0.29, 0.717) is 18.2 Å². The number of nitrogens with one attached hydrogen (secondary N) is 2. The molecule has 1 aromatic carbocycles. The number of carbonyl (C=O) groups excluding carboxylic acids is 1. The molecule has 1 aliphatic rings. The average molecular weight is 283 g/mol. The number of hydrogen-bond donors (Lipinski definition) is 2. The van der Waals surface area contributed by atoms with E-state index in [4.69, 9.17) is 16.3 Å². The van der Waals surface area contributed by atoms with E-state index in [1.807, 2.05) is 38.2 Å². The monoisotopic (exact) mass is 282 g/mol. The van der Waals surface area contributed by atoms with Crippen molar-refractivity contribution < 1.29 is 9.53 Å². The van der Waals surface area contributed by atoms with Crippen molar-refractivity contribution in [2.75, 3.05) is 20.3 Å². The topological polar surface area (TPSA) is 50.4 Å². The maximum absolute atomic E-state index is 12.2. The first-order chi connectivity index (χ1) is 9.11. The zero-order chi connectivity index (χ0) is 13.8. The van der Waals surface area contributed by atoms with Gasteiger partial charge in [0.2, 0.25) is 5.91 Å². The molecule has 2 rings (SSSR count). The molecule has 0 saturated carbocycles. The van der Waals surface area contributed by atoms with E-state index in [9.17, 15) is 4.79 Å². The maximum atomic E-state index is 12.2. The Morgan fingerprint density at radius 2 is 2.26 bits per heavy atom. The maximum Gasteiger partial charge on any atom is 0.227 e. The number of carbonyl (C=O) groups is 1. The fourth-order valence-corrected chi connectivity index (χ4v) is 2.48. The average Bonchev–Trinajstić information content (AvgIpc) is 2.87. The lowest BCUT2D eigenvalue weighted by molar-refractivity contribution is -0.126. The normalized spacial score (nSPS) is 24.2. The summed E-state index contributed by atoms with van der Waals surface area (Å²) >= 11 is 5.96. The first-order valence-electron chi connectivity index (χ1n) is 6.42. The van der Waals surface area contributed by atoms with Crippen molar-refractivity contribution >= 4 is 17.5 Å². The van der Waals surface area contributed by atoms with Gasteiger partial charge in [-0.15, -0.1) is 0 Å². The quantitative estimate of drug-likeness (QED) is 0.885. The third kappa shape index (κ3) is 3.47. The molecule has 3 unspecified atom stereocenters. The molecule has 4 nitrogen and oxygen atoms in total. The molecule has 1 fully saturated rings. The molecule has 19 heavy (non-hydrogen) atoms. The van der Waals surface area contributed by atoms with Crippen LogP contribution in [0.2, 0.25) is 5.02 Å². The van der Waals surface area contributed by atoms with E-state index in [0.717, 1.165) is 5.56 Å². The number of benzene rings is 1. The highest BCUT2D eigenvalue weighted by atomic mass is 35.5. The fraction of sp³-hybridized carbons (Fsp3) is 0.500. The van der Waals surface area contributed by atoms with E-state index in [2.05, 4.69) is 10.6 Å². The number of hydrogen-bond acceptors (Lipinski definition) is 3. The molecule has 1 aromatic rings. The van der Waals surface area contributed by atoms with E-state index in [1.165, 1.54) is 0 Å². The molecule has 1 amide bonds. The highest BCUT2D eigenvalue weighted by Gasteiger charge is 2.33. The second-order valence-corrected chi connectivity index (χ2v) is 5.26. The van der Waals surface area contributed by atoms with Crippen molar-refractivity contribution in [3.63, 3.8) is 0 Å². The Morgan fingerprint density at radius 3 is 2.95 bits per heavy atom. The van der Waals surface area contributed by atoms with Crippen LogP contribution in [0.3, 0.4) is 0 Å². The van der Waals surface area contributed by atoms with Gasteiger partial charge in [0.15, 0.2) is 0 Å². The van der Waals surface area contributed by atoms with Gasteiger partial charge < -0.3 is 15.4 Å². The van der Waals surface area contributed by atoms with Crippen LogP contribution in [0, 0.1) is 5.92 Å². The lowest BCUT2D eigenvalue weighted by atomic mass is 10.0. The standard InChI is InChI=1S/C14H19ClN2O2/c1-9(10-4-3-5-11(15)6-10)17-14(18)12-7-19-8-13(12)16-2/h3-6,9,12-13,16H,7-8H2,1-2H3,(H,17,18). The Kier molecular flexibility index (Phi) is 4.80. The van der Waals surface area contributed by atoms with Gasteiger partial charge in [-0.05, 0) is 31.7 Å². The predicted octanol–water partition coefficient (Wildman–Crippen LogP) is 1.75. The molecule has 1 aliphatic heterocycles. The molecule has 2 N–H and O–H groups in total. The molecule has 104 valence electrons. The van der Waals surface area contributed by atoms with Crippen LogP contribution in [0.5, 0.6) is 0 Å². The van der Waals surface area contributed by atoms with Crippen molar-refractivity contribution in [3.8, 4) is 0 Å². The minimum absolute atomic E-state index is 0.0179. The summed E-state index contributed by atoms with van der Waals surface area (Å²) in [6.45, 7) is 3.01. The minimum Gasteiger partial charge on any atom is -0.379 e. The van der Waals surface area contributed by atoms with Crippen molar-refractivity contribution in [3.05, 3.63) is 34.9 Å². The second-order valence-electron chi connectivity index (χ2n) is 4.82. The summed E-state index contributed by atoms with van der Waals surface area (Å²) < 4.78 is 5.34. The van der Waals surface area contributed by atoms with E-state index < -0.39 is 0 Å². The molecule has 0 bridgehead atoms. The number of likely N-dealkylation sites (N-methyl/N-ethyl adjacent to an activating group) is 1. The summed E-state index contributed by atoms with van der Waals surface area (Å²) in [6.07, 6.45) is 0. The van der Waals surface area contributed by atoms with Gasteiger partial charge in [0.25, 0.3) is 0 Å². The van der Waals surface area contributed by atoms with E-state index >= 15 is 0 Å². The summed E-state index contributed by atoms with van der Waals surface area (Å²) in [5, 5.41) is 6.80. The van der Waals surface area contributed by atoms with Gasteiger partial charge in [0.05, 0.1) is 25.2 Å². The van der Waals surface area contributed by atoms with Gasteiger partial charge in [0, 0.05) is 11.1 Å². The Hall–Kier alpha value is -1.10. The predicted molar refractivity (Wildman–Crippen MR) is 75.2 cm³/mol. The van der Waals surface area contributed by atoms with Crippen LogP contribution in [0.25, 0.3) is 0 Å². The summed E-state index contributed by atoms with van der Waals surface area (Å²) in [7, 11) is 1.85. The van der Waals surface area contributed by atoms with Gasteiger partial charge in [-0.2, -0.15) is 0 Å². The van der Waals surface area contributed by atoms with Crippen LogP contribution in [0.1, 0.15) is 18.5 Å². The molecule has 0 aliphatic carbocycles. The van der Waals surface area contributed by atoms with E-state index in [-0.39, 0.29) is 23.9 Å².